The van der Waals surface area contributed by atoms with Crippen LogP contribution in [-0.4, -0.2) is 12.3 Å². The first kappa shape index (κ1) is 9.19. The lowest BCUT2D eigenvalue weighted by Gasteiger charge is -2.11. The van der Waals surface area contributed by atoms with Gasteiger partial charge in [0, 0.05) is 15.8 Å². The van der Waals surface area contributed by atoms with Crippen molar-refractivity contribution < 1.29 is 0 Å². The molecule has 0 amide bonds. The van der Waals surface area contributed by atoms with Gasteiger partial charge in [-0.3, -0.25) is 4.99 Å². The van der Waals surface area contributed by atoms with Crippen LogP contribution in [0.4, 0.5) is 0 Å². The number of rotatable bonds is 1. The Morgan fingerprint density at radius 2 is 2.15 bits per heavy atom. The van der Waals surface area contributed by atoms with E-state index in [0.717, 1.165) is 13.0 Å². The fourth-order valence-electron chi connectivity index (χ4n) is 1.60. The van der Waals surface area contributed by atoms with Crippen LogP contribution >= 0.6 is 22.6 Å². The molecule has 0 atom stereocenters. The summed E-state index contributed by atoms with van der Waals surface area (Å²) in [6.07, 6.45) is 3.71. The van der Waals surface area contributed by atoms with Gasteiger partial charge in [-0.05, 0) is 59.5 Å². The second-order valence-corrected chi connectivity index (χ2v) is 4.54. The zero-order valence-electron chi connectivity index (χ0n) is 7.46. The van der Waals surface area contributed by atoms with Crippen LogP contribution in [0.15, 0.2) is 29.3 Å². The smallest absolute Gasteiger partial charge is 0.0420 e. The molecule has 1 aliphatic rings. The van der Waals surface area contributed by atoms with Crippen molar-refractivity contribution in [2.45, 2.75) is 19.3 Å². The van der Waals surface area contributed by atoms with Gasteiger partial charge in [0.25, 0.3) is 0 Å². The molecule has 0 N–H and O–H groups in total. The molecule has 0 aliphatic carbocycles. The fraction of sp³-hybridized carbons (Fsp3) is 0.364. The number of benzene rings is 1. The van der Waals surface area contributed by atoms with Gasteiger partial charge in [0.05, 0.1) is 0 Å². The van der Waals surface area contributed by atoms with Crippen molar-refractivity contribution in [3.63, 3.8) is 0 Å². The van der Waals surface area contributed by atoms with Gasteiger partial charge >= 0.3 is 0 Å². The van der Waals surface area contributed by atoms with Crippen LogP contribution in [0, 0.1) is 3.57 Å². The van der Waals surface area contributed by atoms with E-state index in [9.17, 15) is 0 Å². The second-order valence-electron chi connectivity index (χ2n) is 3.30. The Kier molecular flexibility index (Phi) is 2.98. The minimum atomic E-state index is 1.01. The summed E-state index contributed by atoms with van der Waals surface area (Å²) in [5.41, 5.74) is 2.61. The lowest BCUT2D eigenvalue weighted by molar-refractivity contribution is 0.738. The quantitative estimate of drug-likeness (QED) is 0.702. The van der Waals surface area contributed by atoms with Crippen molar-refractivity contribution in [1.82, 2.24) is 0 Å². The second kappa shape index (κ2) is 4.22. The van der Waals surface area contributed by atoms with E-state index in [1.807, 2.05) is 0 Å². The molecule has 0 bridgehead atoms. The summed E-state index contributed by atoms with van der Waals surface area (Å²) in [4.78, 5) is 4.55. The summed E-state index contributed by atoms with van der Waals surface area (Å²) in [5.74, 6) is 0. The highest BCUT2D eigenvalue weighted by Gasteiger charge is 2.07. The Hall–Kier alpha value is -0.380. The van der Waals surface area contributed by atoms with E-state index in [1.54, 1.807) is 0 Å². The molecule has 68 valence electrons. The minimum Gasteiger partial charge on any atom is -0.289 e. The van der Waals surface area contributed by atoms with Gasteiger partial charge in [0.15, 0.2) is 0 Å². The van der Waals surface area contributed by atoms with Gasteiger partial charge in [-0.15, -0.1) is 0 Å². The van der Waals surface area contributed by atoms with Crippen LogP contribution in [-0.2, 0) is 0 Å². The van der Waals surface area contributed by atoms with E-state index in [2.05, 4.69) is 51.8 Å². The van der Waals surface area contributed by atoms with Crippen molar-refractivity contribution in [1.29, 1.82) is 0 Å². The standard InChI is InChI=1S/C11H12IN/c12-10-5-3-4-9(8-10)11-6-1-2-7-13-11/h3-5,8H,1-2,6-7H2. The van der Waals surface area contributed by atoms with Gasteiger partial charge in [0.1, 0.15) is 0 Å². The van der Waals surface area contributed by atoms with Crippen LogP contribution in [0.3, 0.4) is 0 Å². The number of hydrogen-bond donors (Lipinski definition) is 0. The predicted molar refractivity (Wildman–Crippen MR) is 64.4 cm³/mol. The molecular formula is C11H12IN. The van der Waals surface area contributed by atoms with Crippen LogP contribution in [0.1, 0.15) is 24.8 Å². The SMILES string of the molecule is Ic1cccc(C2=NCCCC2)c1. The average molecular weight is 285 g/mol. The zero-order chi connectivity index (χ0) is 9.10. The third kappa shape index (κ3) is 2.30. The Labute approximate surface area is 92.4 Å². The monoisotopic (exact) mass is 285 g/mol. The van der Waals surface area contributed by atoms with Crippen molar-refractivity contribution in [2.75, 3.05) is 6.54 Å². The van der Waals surface area contributed by atoms with E-state index in [4.69, 9.17) is 0 Å². The maximum atomic E-state index is 4.55. The average Bonchev–Trinajstić information content (AvgIpc) is 2.19. The summed E-state index contributed by atoms with van der Waals surface area (Å²) in [5, 5.41) is 0. The van der Waals surface area contributed by atoms with Crippen molar-refractivity contribution in [3.05, 3.63) is 33.4 Å². The number of halogens is 1. The lowest BCUT2D eigenvalue weighted by Crippen LogP contribution is -2.07. The van der Waals surface area contributed by atoms with E-state index >= 15 is 0 Å². The molecule has 13 heavy (non-hydrogen) atoms. The zero-order valence-corrected chi connectivity index (χ0v) is 9.62. The maximum absolute atomic E-state index is 4.55. The largest absolute Gasteiger partial charge is 0.289 e. The first-order valence-electron chi connectivity index (χ1n) is 4.65. The lowest BCUT2D eigenvalue weighted by atomic mass is 10.0. The number of aliphatic imine (C=N–C) groups is 1. The molecule has 0 saturated carbocycles. The number of hydrogen-bond acceptors (Lipinski definition) is 1. The van der Waals surface area contributed by atoms with E-state index in [-0.39, 0.29) is 0 Å². The molecule has 0 unspecified atom stereocenters. The van der Waals surface area contributed by atoms with Crippen molar-refractivity contribution in [3.8, 4) is 0 Å². The molecule has 2 rings (SSSR count). The molecule has 0 radical (unpaired) electrons. The first-order chi connectivity index (χ1) is 6.36. The van der Waals surface area contributed by atoms with E-state index < -0.39 is 0 Å². The first-order valence-corrected chi connectivity index (χ1v) is 5.73. The molecule has 2 heteroatoms. The van der Waals surface area contributed by atoms with Gasteiger partial charge in [-0.25, -0.2) is 0 Å². The Morgan fingerprint density at radius 1 is 1.23 bits per heavy atom. The van der Waals surface area contributed by atoms with E-state index in [0.29, 0.717) is 0 Å². The van der Waals surface area contributed by atoms with Crippen LogP contribution in [0.5, 0.6) is 0 Å². The number of nitrogens with zero attached hydrogens (tertiary/aromatic N) is 1. The molecule has 1 aliphatic heterocycles. The Balaban J connectivity index is 2.29. The third-order valence-corrected chi connectivity index (χ3v) is 2.95. The molecule has 0 saturated heterocycles. The summed E-state index contributed by atoms with van der Waals surface area (Å²) in [7, 11) is 0. The van der Waals surface area contributed by atoms with Gasteiger partial charge in [-0.1, -0.05) is 12.1 Å². The molecule has 1 nitrogen and oxygen atoms in total. The molecule has 0 spiro atoms. The Bertz CT molecular complexity index is 331. The van der Waals surface area contributed by atoms with Crippen LogP contribution in [0.25, 0.3) is 0 Å². The summed E-state index contributed by atoms with van der Waals surface area (Å²) >= 11 is 2.35. The highest BCUT2D eigenvalue weighted by atomic mass is 127. The molecule has 1 heterocycles. The maximum Gasteiger partial charge on any atom is 0.0420 e. The molecule has 0 aromatic heterocycles. The normalized spacial score (nSPS) is 16.8. The van der Waals surface area contributed by atoms with Crippen LogP contribution < -0.4 is 0 Å². The minimum absolute atomic E-state index is 1.01. The highest BCUT2D eigenvalue weighted by molar-refractivity contribution is 14.1. The molecule has 0 fully saturated rings. The predicted octanol–water partition coefficient (Wildman–Crippen LogP) is 3.26. The molecular weight excluding hydrogens is 273 g/mol. The summed E-state index contributed by atoms with van der Waals surface area (Å²) in [6.45, 7) is 1.01. The third-order valence-electron chi connectivity index (χ3n) is 2.28. The summed E-state index contributed by atoms with van der Waals surface area (Å²) in [6, 6.07) is 8.60. The fourth-order valence-corrected chi connectivity index (χ4v) is 2.14. The van der Waals surface area contributed by atoms with Crippen LogP contribution in [0.2, 0.25) is 0 Å². The van der Waals surface area contributed by atoms with Gasteiger partial charge < -0.3 is 0 Å². The molecule has 1 aromatic rings. The Morgan fingerprint density at radius 3 is 2.85 bits per heavy atom. The van der Waals surface area contributed by atoms with E-state index in [1.165, 1.54) is 27.7 Å². The highest BCUT2D eigenvalue weighted by Crippen LogP contribution is 2.15. The molecule has 1 aromatic carbocycles. The van der Waals surface area contributed by atoms with Crippen molar-refractivity contribution >= 4 is 28.3 Å². The van der Waals surface area contributed by atoms with Gasteiger partial charge in [-0.2, -0.15) is 0 Å². The topological polar surface area (TPSA) is 12.4 Å². The van der Waals surface area contributed by atoms with Crippen molar-refractivity contribution in [2.24, 2.45) is 4.99 Å². The van der Waals surface area contributed by atoms with Gasteiger partial charge in [0.2, 0.25) is 0 Å². The summed E-state index contributed by atoms with van der Waals surface area (Å²) < 4.78 is 1.29.